The average molecular weight is 534 g/mol. The zero-order valence-electron chi connectivity index (χ0n) is 25.4. The minimum Gasteiger partial charge on any atom is -0.255 e. The number of aromatic nitrogens is 1. The van der Waals surface area contributed by atoms with Gasteiger partial charge in [0.1, 0.15) is 0 Å². The number of fused-ring (bicyclic) bond motifs is 2. The Labute approximate surface area is 239 Å². The molecule has 5 aromatic rings. The lowest BCUT2D eigenvalue weighted by Gasteiger charge is -2.23. The van der Waals surface area contributed by atoms with E-state index in [1.165, 1.54) is 70.2 Å². The SMILES string of the molecule is Cc1ccc2c(C(C)C)cc(-c3nccc4c(C)c(-c5c(C(C)C)cc(C(C)C)cc5C(C)C)sc34)cc2c1. The predicted octanol–water partition coefficient (Wildman–Crippen LogP) is 11.9. The van der Waals surface area contributed by atoms with Crippen LogP contribution in [0.4, 0.5) is 0 Å². The Morgan fingerprint density at radius 3 is 1.87 bits per heavy atom. The van der Waals surface area contributed by atoms with Crippen molar-refractivity contribution in [1.82, 2.24) is 4.98 Å². The van der Waals surface area contributed by atoms with Crippen LogP contribution >= 0.6 is 11.3 Å². The highest BCUT2D eigenvalue weighted by molar-refractivity contribution is 7.23. The quantitative estimate of drug-likeness (QED) is 0.211. The second-order valence-electron chi connectivity index (χ2n) is 12.6. The third-order valence-corrected chi connectivity index (χ3v) is 9.58. The molecule has 0 fully saturated rings. The molecule has 2 heteroatoms. The fraction of sp³-hybridized carbons (Fsp3) is 0.378. The van der Waals surface area contributed by atoms with Crippen molar-refractivity contribution in [2.24, 2.45) is 0 Å². The third kappa shape index (κ3) is 4.93. The van der Waals surface area contributed by atoms with Crippen LogP contribution in [0.3, 0.4) is 0 Å². The van der Waals surface area contributed by atoms with Crippen molar-refractivity contribution in [3.63, 3.8) is 0 Å². The molecule has 1 nitrogen and oxygen atoms in total. The van der Waals surface area contributed by atoms with E-state index in [9.17, 15) is 0 Å². The van der Waals surface area contributed by atoms with Crippen LogP contribution in [0.25, 0.3) is 42.6 Å². The smallest absolute Gasteiger partial charge is 0.0880 e. The lowest BCUT2D eigenvalue weighted by molar-refractivity contribution is 0.808. The molecule has 0 saturated heterocycles. The van der Waals surface area contributed by atoms with E-state index in [2.05, 4.69) is 118 Å². The largest absolute Gasteiger partial charge is 0.255 e. The maximum atomic E-state index is 5.02. The van der Waals surface area contributed by atoms with Crippen LogP contribution in [-0.2, 0) is 0 Å². The molecule has 39 heavy (non-hydrogen) atoms. The van der Waals surface area contributed by atoms with Gasteiger partial charge < -0.3 is 0 Å². The number of rotatable bonds is 6. The maximum Gasteiger partial charge on any atom is 0.0880 e. The summed E-state index contributed by atoms with van der Waals surface area (Å²) < 4.78 is 1.30. The third-order valence-electron chi connectivity index (χ3n) is 8.25. The van der Waals surface area contributed by atoms with E-state index in [1.807, 2.05) is 17.5 Å². The van der Waals surface area contributed by atoms with Crippen LogP contribution < -0.4 is 0 Å². The molecule has 0 aliphatic heterocycles. The van der Waals surface area contributed by atoms with E-state index in [0.717, 1.165) is 5.69 Å². The normalized spacial score (nSPS) is 12.3. The second-order valence-corrected chi connectivity index (χ2v) is 13.6. The molecule has 3 aromatic carbocycles. The van der Waals surface area contributed by atoms with Crippen LogP contribution in [0.15, 0.2) is 54.7 Å². The zero-order chi connectivity index (χ0) is 28.2. The number of hydrogen-bond donors (Lipinski definition) is 0. The Morgan fingerprint density at radius 1 is 0.641 bits per heavy atom. The molecule has 0 unspecified atom stereocenters. The van der Waals surface area contributed by atoms with Gasteiger partial charge in [-0.2, -0.15) is 0 Å². The summed E-state index contributed by atoms with van der Waals surface area (Å²) in [5.41, 5.74) is 12.2. The molecule has 202 valence electrons. The molecule has 2 aromatic heterocycles. The Morgan fingerprint density at radius 2 is 1.28 bits per heavy atom. The number of hydrogen-bond acceptors (Lipinski definition) is 2. The van der Waals surface area contributed by atoms with E-state index >= 15 is 0 Å². The topological polar surface area (TPSA) is 12.9 Å². The van der Waals surface area contributed by atoms with E-state index in [-0.39, 0.29) is 0 Å². The van der Waals surface area contributed by atoms with Crippen molar-refractivity contribution >= 4 is 32.2 Å². The molecule has 0 spiro atoms. The van der Waals surface area contributed by atoms with Gasteiger partial charge in [-0.05, 0) is 105 Å². The lowest BCUT2D eigenvalue weighted by atomic mass is 9.83. The molecule has 0 aliphatic rings. The highest BCUT2D eigenvalue weighted by Gasteiger charge is 2.23. The number of pyridine rings is 1. The van der Waals surface area contributed by atoms with E-state index in [4.69, 9.17) is 4.98 Å². The Hall–Kier alpha value is -2.97. The highest BCUT2D eigenvalue weighted by atomic mass is 32.1. The molecular weight excluding hydrogens is 490 g/mol. The maximum absolute atomic E-state index is 5.02. The number of nitrogens with zero attached hydrogens (tertiary/aromatic N) is 1. The van der Waals surface area contributed by atoms with Crippen LogP contribution in [0.1, 0.15) is 112 Å². The van der Waals surface area contributed by atoms with Gasteiger partial charge >= 0.3 is 0 Å². The fourth-order valence-corrected chi connectivity index (χ4v) is 7.35. The van der Waals surface area contributed by atoms with Crippen LogP contribution in [-0.4, -0.2) is 4.98 Å². The molecule has 0 saturated carbocycles. The lowest BCUT2D eigenvalue weighted by Crippen LogP contribution is -2.03. The number of thiophene rings is 1. The fourth-order valence-electron chi connectivity index (χ4n) is 5.94. The monoisotopic (exact) mass is 533 g/mol. The van der Waals surface area contributed by atoms with Crippen molar-refractivity contribution in [3.05, 3.63) is 88.1 Å². The summed E-state index contributed by atoms with van der Waals surface area (Å²) >= 11 is 1.94. The standard InChI is InChI=1S/C37H43NS/c1-20(2)26-17-32(22(5)6)34(33(18-26)23(7)8)36-25(10)29-13-14-38-35(37(29)39-36)28-16-27-15-24(9)11-12-30(27)31(19-28)21(3)4/h11-23H,1-10H3. The van der Waals surface area contributed by atoms with Gasteiger partial charge in [-0.25, -0.2) is 0 Å². The molecule has 0 bridgehead atoms. The van der Waals surface area contributed by atoms with Gasteiger partial charge in [0.2, 0.25) is 0 Å². The van der Waals surface area contributed by atoms with Crippen molar-refractivity contribution < 1.29 is 0 Å². The summed E-state index contributed by atoms with van der Waals surface area (Å²) in [7, 11) is 0. The molecule has 0 atom stereocenters. The molecule has 2 heterocycles. The van der Waals surface area contributed by atoms with Gasteiger partial charge in [0.25, 0.3) is 0 Å². The summed E-state index contributed by atoms with van der Waals surface area (Å²) in [6.45, 7) is 23.1. The molecular formula is C37H43NS. The molecule has 0 amide bonds. The van der Waals surface area contributed by atoms with Crippen LogP contribution in [0, 0.1) is 13.8 Å². The Balaban J connectivity index is 1.81. The van der Waals surface area contributed by atoms with Gasteiger partial charge in [0, 0.05) is 16.6 Å². The first-order valence-electron chi connectivity index (χ1n) is 14.6. The first kappa shape index (κ1) is 27.6. The summed E-state index contributed by atoms with van der Waals surface area (Å²) in [6.07, 6.45) is 2.01. The van der Waals surface area contributed by atoms with E-state index in [0.29, 0.717) is 23.7 Å². The Bertz CT molecular complexity index is 1650. The van der Waals surface area contributed by atoms with Crippen molar-refractivity contribution in [2.45, 2.75) is 92.9 Å². The van der Waals surface area contributed by atoms with Gasteiger partial charge in [-0.15, -0.1) is 11.3 Å². The van der Waals surface area contributed by atoms with Crippen LogP contribution in [0.2, 0.25) is 0 Å². The number of aryl methyl sites for hydroxylation is 2. The molecule has 0 N–H and O–H groups in total. The summed E-state index contributed by atoms with van der Waals surface area (Å²) in [5, 5.41) is 3.98. The second kappa shape index (κ2) is 10.5. The summed E-state index contributed by atoms with van der Waals surface area (Å²) in [4.78, 5) is 6.42. The van der Waals surface area contributed by atoms with Gasteiger partial charge in [0.05, 0.1) is 10.4 Å². The van der Waals surface area contributed by atoms with E-state index in [1.54, 1.807) is 0 Å². The molecule has 5 rings (SSSR count). The van der Waals surface area contributed by atoms with Gasteiger partial charge in [-0.3, -0.25) is 4.98 Å². The zero-order valence-corrected chi connectivity index (χ0v) is 26.2. The highest BCUT2D eigenvalue weighted by Crippen LogP contribution is 2.47. The van der Waals surface area contributed by atoms with Crippen molar-refractivity contribution in [2.75, 3.05) is 0 Å². The minimum absolute atomic E-state index is 0.441. The first-order chi connectivity index (χ1) is 18.5. The molecule has 0 aliphatic carbocycles. The minimum atomic E-state index is 0.441. The predicted molar refractivity (Wildman–Crippen MR) is 174 cm³/mol. The van der Waals surface area contributed by atoms with Crippen LogP contribution in [0.5, 0.6) is 0 Å². The van der Waals surface area contributed by atoms with E-state index < -0.39 is 0 Å². The summed E-state index contributed by atoms with van der Waals surface area (Å²) in [5.74, 6) is 1.86. The summed E-state index contributed by atoms with van der Waals surface area (Å²) in [6, 6.07) is 18.7. The van der Waals surface area contributed by atoms with Crippen molar-refractivity contribution in [1.29, 1.82) is 0 Å². The average Bonchev–Trinajstić information content (AvgIpc) is 3.22. The molecule has 0 radical (unpaired) electrons. The first-order valence-corrected chi connectivity index (χ1v) is 15.4. The van der Waals surface area contributed by atoms with Gasteiger partial charge in [0.15, 0.2) is 0 Å². The number of benzene rings is 3. The van der Waals surface area contributed by atoms with Gasteiger partial charge in [-0.1, -0.05) is 91.3 Å². The Kier molecular flexibility index (Phi) is 7.46. The van der Waals surface area contributed by atoms with Crippen molar-refractivity contribution in [3.8, 4) is 21.7 Å².